The van der Waals surface area contributed by atoms with E-state index in [-0.39, 0.29) is 29.1 Å². The van der Waals surface area contributed by atoms with Gasteiger partial charge in [-0.1, -0.05) is 58.4 Å². The second-order valence-electron chi connectivity index (χ2n) is 12.6. The molecule has 0 spiro atoms. The van der Waals surface area contributed by atoms with E-state index in [9.17, 15) is 4.79 Å². The third-order valence-corrected chi connectivity index (χ3v) is 12.8. The maximum atomic E-state index is 12.8. The predicted octanol–water partition coefficient (Wildman–Crippen LogP) is 8.07. The summed E-state index contributed by atoms with van der Waals surface area (Å²) in [6.45, 7) is 18.9. The lowest BCUT2D eigenvalue weighted by molar-refractivity contribution is -0.159. The van der Waals surface area contributed by atoms with Gasteiger partial charge in [0.2, 0.25) is 0 Å². The number of carbonyl (C=O) groups excluding carboxylic acids is 1. The van der Waals surface area contributed by atoms with Crippen LogP contribution in [0.25, 0.3) is 6.08 Å². The van der Waals surface area contributed by atoms with Crippen LogP contribution in [0.3, 0.4) is 0 Å². The van der Waals surface area contributed by atoms with Crippen LogP contribution in [0.2, 0.25) is 18.1 Å². The molecule has 214 valence electrons. The van der Waals surface area contributed by atoms with Crippen molar-refractivity contribution in [1.29, 1.82) is 0 Å². The molecule has 1 aliphatic rings. The minimum Gasteiger partial charge on any atom is -0.497 e. The van der Waals surface area contributed by atoms with Crippen molar-refractivity contribution in [1.82, 2.24) is 0 Å². The average Bonchev–Trinajstić information content (AvgIpc) is 2.85. The first kappa shape index (κ1) is 32.3. The number of rotatable bonds is 12. The zero-order chi connectivity index (χ0) is 28.5. The third kappa shape index (κ3) is 9.39. The molecule has 2 rings (SSSR count). The second-order valence-corrected chi connectivity index (χ2v) is 17.4. The summed E-state index contributed by atoms with van der Waals surface area (Å²) in [5.74, 6) is 1.57. The van der Waals surface area contributed by atoms with Gasteiger partial charge >= 0.3 is 5.97 Å². The van der Waals surface area contributed by atoms with Crippen molar-refractivity contribution in [3.8, 4) is 5.75 Å². The lowest BCUT2D eigenvalue weighted by Gasteiger charge is -2.44. The molecule has 1 saturated carbocycles. The van der Waals surface area contributed by atoms with Crippen molar-refractivity contribution >= 4 is 20.4 Å². The number of benzene rings is 1. The molecule has 0 aromatic heterocycles. The van der Waals surface area contributed by atoms with E-state index >= 15 is 0 Å². The Labute approximate surface area is 233 Å². The minimum atomic E-state index is -1.88. The van der Waals surface area contributed by atoms with Crippen LogP contribution in [0.5, 0.6) is 5.75 Å². The van der Waals surface area contributed by atoms with Crippen LogP contribution < -0.4 is 4.74 Å². The monoisotopic (exact) mass is 544 g/mol. The molecule has 0 unspecified atom stereocenters. The summed E-state index contributed by atoms with van der Waals surface area (Å²) in [7, 11) is 1.50. The van der Waals surface area contributed by atoms with E-state index in [4.69, 9.17) is 18.6 Å². The van der Waals surface area contributed by atoms with E-state index in [1.807, 2.05) is 24.3 Å². The Kier molecular flexibility index (Phi) is 12.3. The molecular weight excluding hydrogens is 492 g/mol. The molecule has 0 radical (unpaired) electrons. The Hall–Kier alpha value is -1.89. The Morgan fingerprint density at radius 1 is 1.11 bits per heavy atom. The standard InChI is InChI=1S/C32H52O5Si/c1-23(2)12-11-13-24(3)30-26(22-36-38(9,10)32(4,5)6)17-20-28(31(30)35-8)37-29(33)21-16-25-14-18-27(34-7)19-15-25/h13-16,18-19,21,23,26,28,30-31H,11-12,17,20,22H2,1-10H3/t26-,28-,30-,31-/m1/s1. The molecule has 0 aliphatic heterocycles. The largest absolute Gasteiger partial charge is 0.497 e. The second kappa shape index (κ2) is 14.5. The molecule has 0 amide bonds. The first-order chi connectivity index (χ1) is 17.8. The maximum absolute atomic E-state index is 12.8. The fraction of sp³-hybridized carbons (Fsp3) is 0.656. The van der Waals surface area contributed by atoms with E-state index < -0.39 is 8.32 Å². The highest BCUT2D eigenvalue weighted by atomic mass is 28.4. The Morgan fingerprint density at radius 2 is 1.76 bits per heavy atom. The Morgan fingerprint density at radius 3 is 2.32 bits per heavy atom. The van der Waals surface area contributed by atoms with E-state index in [0.29, 0.717) is 18.4 Å². The van der Waals surface area contributed by atoms with E-state index in [2.05, 4.69) is 60.7 Å². The van der Waals surface area contributed by atoms with Gasteiger partial charge in [-0.05, 0) is 86.3 Å². The van der Waals surface area contributed by atoms with Crippen LogP contribution in [-0.2, 0) is 18.7 Å². The number of hydrogen-bond acceptors (Lipinski definition) is 5. The van der Waals surface area contributed by atoms with Gasteiger partial charge < -0.3 is 18.6 Å². The van der Waals surface area contributed by atoms with Gasteiger partial charge in [0.25, 0.3) is 0 Å². The molecule has 38 heavy (non-hydrogen) atoms. The van der Waals surface area contributed by atoms with Crippen LogP contribution in [0.15, 0.2) is 42.0 Å². The van der Waals surface area contributed by atoms with E-state index in [0.717, 1.165) is 37.0 Å². The summed E-state index contributed by atoms with van der Waals surface area (Å²) in [6.07, 6.45) is 9.04. The molecule has 0 N–H and O–H groups in total. The number of carbonyl (C=O) groups is 1. The van der Waals surface area contributed by atoms with E-state index in [1.165, 1.54) is 11.6 Å². The molecule has 0 heterocycles. The highest BCUT2D eigenvalue weighted by Crippen LogP contribution is 2.42. The average molecular weight is 545 g/mol. The maximum Gasteiger partial charge on any atom is 0.331 e. The SMILES string of the molecule is COc1ccc(C=CC(=O)O[C@@H]2CC[C@H](CO[Si](C)(C)C(C)(C)C)[C@@H](C(C)=CCCC(C)C)[C@@H]2OC)cc1. The van der Waals surface area contributed by atoms with Crippen molar-refractivity contribution < 1.29 is 23.4 Å². The van der Waals surface area contributed by atoms with Gasteiger partial charge in [0.05, 0.1) is 7.11 Å². The smallest absolute Gasteiger partial charge is 0.331 e. The topological polar surface area (TPSA) is 54.0 Å². The van der Waals surface area contributed by atoms with Crippen molar-refractivity contribution in [3.63, 3.8) is 0 Å². The number of hydrogen-bond donors (Lipinski definition) is 0. The summed E-state index contributed by atoms with van der Waals surface area (Å²) in [5.41, 5.74) is 2.23. The molecule has 1 aromatic rings. The Balaban J connectivity index is 2.19. The van der Waals surface area contributed by atoms with Gasteiger partial charge in [-0.15, -0.1) is 0 Å². The highest BCUT2D eigenvalue weighted by Gasteiger charge is 2.44. The predicted molar refractivity (Wildman–Crippen MR) is 160 cm³/mol. The van der Waals surface area contributed by atoms with Crippen molar-refractivity contribution in [2.45, 2.75) is 97.6 Å². The highest BCUT2D eigenvalue weighted by molar-refractivity contribution is 6.74. The third-order valence-electron chi connectivity index (χ3n) is 8.32. The van der Waals surface area contributed by atoms with E-state index in [1.54, 1.807) is 20.3 Å². The first-order valence-electron chi connectivity index (χ1n) is 14.1. The number of ether oxygens (including phenoxy) is 3. The summed E-state index contributed by atoms with van der Waals surface area (Å²) >= 11 is 0. The van der Waals surface area contributed by atoms with Gasteiger partial charge in [-0.3, -0.25) is 0 Å². The molecule has 0 bridgehead atoms. The molecule has 4 atom stereocenters. The zero-order valence-corrected chi connectivity index (χ0v) is 26.5. The molecule has 0 saturated heterocycles. The van der Waals surface area contributed by atoms with Gasteiger partial charge in [0.15, 0.2) is 8.32 Å². The van der Waals surface area contributed by atoms with Crippen molar-refractivity contribution in [3.05, 3.63) is 47.6 Å². The van der Waals surface area contributed by atoms with Crippen molar-refractivity contribution in [2.24, 2.45) is 17.8 Å². The molecule has 1 aromatic carbocycles. The number of methoxy groups -OCH3 is 2. The van der Waals surface area contributed by atoms with Crippen LogP contribution in [0.4, 0.5) is 0 Å². The minimum absolute atomic E-state index is 0.147. The van der Waals surface area contributed by atoms with Crippen molar-refractivity contribution in [2.75, 3.05) is 20.8 Å². The fourth-order valence-corrected chi connectivity index (χ4v) is 5.91. The molecule has 1 aliphatic carbocycles. The van der Waals surface area contributed by atoms with Gasteiger partial charge in [0.1, 0.15) is 18.0 Å². The summed E-state index contributed by atoms with van der Waals surface area (Å²) in [4.78, 5) is 12.8. The number of esters is 1. The molecule has 6 heteroatoms. The van der Waals surface area contributed by atoms with Gasteiger partial charge in [-0.25, -0.2) is 4.79 Å². The normalized spacial score (nSPS) is 23.2. The summed E-state index contributed by atoms with van der Waals surface area (Å²) in [6, 6.07) is 7.57. The Bertz CT molecular complexity index is 926. The molecule has 5 nitrogen and oxygen atoms in total. The molecule has 1 fully saturated rings. The van der Waals surface area contributed by atoms with Gasteiger partial charge in [0, 0.05) is 25.7 Å². The van der Waals surface area contributed by atoms with Crippen LogP contribution in [0, 0.1) is 17.8 Å². The zero-order valence-electron chi connectivity index (χ0n) is 25.5. The summed E-state index contributed by atoms with van der Waals surface area (Å²) < 4.78 is 24.0. The lowest BCUT2D eigenvalue weighted by atomic mass is 9.72. The molecular formula is C32H52O5Si. The fourth-order valence-electron chi connectivity index (χ4n) is 4.84. The van der Waals surface area contributed by atoms with Crippen LogP contribution in [-0.4, -0.2) is 47.3 Å². The lowest BCUT2D eigenvalue weighted by Crippen LogP contribution is -2.49. The summed E-state index contributed by atoms with van der Waals surface area (Å²) in [5, 5.41) is 0.161. The van der Waals surface area contributed by atoms with Crippen LogP contribution >= 0.6 is 0 Å². The number of allylic oxidation sites excluding steroid dienone is 1. The van der Waals surface area contributed by atoms with Crippen LogP contribution in [0.1, 0.15) is 72.8 Å². The quantitative estimate of drug-likeness (QED) is 0.115. The van der Waals surface area contributed by atoms with Gasteiger partial charge in [-0.2, -0.15) is 0 Å². The first-order valence-corrected chi connectivity index (χ1v) is 17.1.